The number of aromatic nitrogens is 1. The van der Waals surface area contributed by atoms with Crippen molar-refractivity contribution in [2.45, 2.75) is 26.2 Å². The molecule has 1 aliphatic rings. The number of nitriles is 1. The smallest absolute Gasteiger partial charge is 0.144 e. The van der Waals surface area contributed by atoms with Crippen LogP contribution in [0.15, 0.2) is 12.1 Å². The molecule has 0 aromatic carbocycles. The number of hydrogen-bond acceptors (Lipinski definition) is 3. The third-order valence-electron chi connectivity index (χ3n) is 2.70. The van der Waals surface area contributed by atoms with Crippen LogP contribution < -0.4 is 5.32 Å². The average Bonchev–Trinajstić information content (AvgIpc) is 3.02. The molecule has 1 N–H and O–H groups in total. The molecule has 1 aromatic heterocycles. The van der Waals surface area contributed by atoms with Crippen LogP contribution in [0.3, 0.4) is 0 Å². The van der Waals surface area contributed by atoms with E-state index in [1.54, 1.807) is 0 Å². The van der Waals surface area contributed by atoms with Gasteiger partial charge in [-0.2, -0.15) is 5.26 Å². The van der Waals surface area contributed by atoms with E-state index >= 15 is 0 Å². The number of pyridine rings is 1. The Bertz CT molecular complexity index is 388. The first kappa shape index (κ1) is 9.97. The molecule has 3 heteroatoms. The van der Waals surface area contributed by atoms with E-state index in [0.29, 0.717) is 5.56 Å². The van der Waals surface area contributed by atoms with E-state index in [4.69, 9.17) is 5.26 Å². The first-order chi connectivity index (χ1) is 7.29. The fraction of sp³-hybridized carbons (Fsp3) is 0.500. The fourth-order valence-corrected chi connectivity index (χ4v) is 1.58. The molecule has 0 amide bonds. The average molecular weight is 201 g/mol. The van der Waals surface area contributed by atoms with Gasteiger partial charge in [0.05, 0.1) is 5.56 Å². The van der Waals surface area contributed by atoms with Crippen LogP contribution in [0.25, 0.3) is 0 Å². The lowest BCUT2D eigenvalue weighted by molar-refractivity contribution is 0.758. The summed E-state index contributed by atoms with van der Waals surface area (Å²) in [6.45, 7) is 2.86. The monoisotopic (exact) mass is 201 g/mol. The molecule has 3 nitrogen and oxygen atoms in total. The SMILES string of the molecule is Cc1ccc(C#N)c(NCCC2CC2)n1. The fourth-order valence-electron chi connectivity index (χ4n) is 1.58. The second-order valence-corrected chi connectivity index (χ2v) is 4.12. The van der Waals surface area contributed by atoms with Gasteiger partial charge in [0, 0.05) is 12.2 Å². The van der Waals surface area contributed by atoms with Crippen molar-refractivity contribution in [2.75, 3.05) is 11.9 Å². The first-order valence-corrected chi connectivity index (χ1v) is 5.41. The van der Waals surface area contributed by atoms with E-state index in [-0.39, 0.29) is 0 Å². The molecule has 15 heavy (non-hydrogen) atoms. The summed E-state index contributed by atoms with van der Waals surface area (Å²) in [7, 11) is 0. The molecular weight excluding hydrogens is 186 g/mol. The van der Waals surface area contributed by atoms with E-state index in [9.17, 15) is 0 Å². The lowest BCUT2D eigenvalue weighted by Crippen LogP contribution is -2.06. The number of nitrogens with one attached hydrogen (secondary N) is 1. The lowest BCUT2D eigenvalue weighted by atomic mass is 10.2. The molecule has 0 radical (unpaired) electrons. The van der Waals surface area contributed by atoms with E-state index < -0.39 is 0 Å². The molecule has 0 unspecified atom stereocenters. The Balaban J connectivity index is 1.98. The van der Waals surface area contributed by atoms with Crippen LogP contribution in [0.5, 0.6) is 0 Å². The Labute approximate surface area is 90.1 Å². The largest absolute Gasteiger partial charge is 0.369 e. The van der Waals surface area contributed by atoms with Crippen molar-refractivity contribution in [3.05, 3.63) is 23.4 Å². The highest BCUT2D eigenvalue weighted by atomic mass is 15.0. The second-order valence-electron chi connectivity index (χ2n) is 4.12. The Morgan fingerprint density at radius 3 is 3.00 bits per heavy atom. The Morgan fingerprint density at radius 2 is 2.33 bits per heavy atom. The van der Waals surface area contributed by atoms with Crippen LogP contribution >= 0.6 is 0 Å². The number of rotatable bonds is 4. The van der Waals surface area contributed by atoms with Crippen molar-refractivity contribution in [1.29, 1.82) is 5.26 Å². The minimum absolute atomic E-state index is 0.636. The maximum absolute atomic E-state index is 8.90. The molecule has 0 aliphatic heterocycles. The maximum Gasteiger partial charge on any atom is 0.144 e. The van der Waals surface area contributed by atoms with E-state index in [2.05, 4.69) is 16.4 Å². The van der Waals surface area contributed by atoms with Crippen LogP contribution in [0.2, 0.25) is 0 Å². The summed E-state index contributed by atoms with van der Waals surface area (Å²) in [6, 6.07) is 5.84. The molecule has 1 aromatic rings. The van der Waals surface area contributed by atoms with Gasteiger partial charge in [-0.25, -0.2) is 4.98 Å². The number of nitrogens with zero attached hydrogens (tertiary/aromatic N) is 2. The van der Waals surface area contributed by atoms with Crippen LogP contribution in [-0.2, 0) is 0 Å². The van der Waals surface area contributed by atoms with Gasteiger partial charge in [-0.1, -0.05) is 12.8 Å². The summed E-state index contributed by atoms with van der Waals surface area (Å²) >= 11 is 0. The van der Waals surface area contributed by atoms with E-state index in [1.807, 2.05) is 19.1 Å². The summed E-state index contributed by atoms with van der Waals surface area (Å²) in [4.78, 5) is 4.33. The molecule has 1 heterocycles. The third kappa shape index (κ3) is 2.69. The zero-order valence-electron chi connectivity index (χ0n) is 8.95. The second kappa shape index (κ2) is 4.31. The molecule has 0 bridgehead atoms. The van der Waals surface area contributed by atoms with Gasteiger partial charge in [-0.05, 0) is 31.4 Å². The molecule has 0 atom stereocenters. The highest BCUT2D eigenvalue weighted by molar-refractivity contribution is 5.52. The predicted molar refractivity (Wildman–Crippen MR) is 59.5 cm³/mol. The van der Waals surface area contributed by atoms with Crippen LogP contribution in [0.1, 0.15) is 30.5 Å². The zero-order valence-corrected chi connectivity index (χ0v) is 8.95. The third-order valence-corrected chi connectivity index (χ3v) is 2.70. The Morgan fingerprint density at radius 1 is 1.53 bits per heavy atom. The van der Waals surface area contributed by atoms with Gasteiger partial charge in [-0.3, -0.25) is 0 Å². The number of hydrogen-bond donors (Lipinski definition) is 1. The minimum atomic E-state index is 0.636. The molecule has 2 rings (SSSR count). The molecular formula is C12H15N3. The quantitative estimate of drug-likeness (QED) is 0.814. The molecule has 1 aliphatic carbocycles. The Hall–Kier alpha value is -1.56. The standard InChI is InChI=1S/C12H15N3/c1-9-2-5-11(8-13)12(15-9)14-7-6-10-3-4-10/h2,5,10H,3-4,6-7H2,1H3,(H,14,15). The zero-order chi connectivity index (χ0) is 10.7. The van der Waals surface area contributed by atoms with Crippen molar-refractivity contribution in [2.24, 2.45) is 5.92 Å². The number of anilines is 1. The highest BCUT2D eigenvalue weighted by Crippen LogP contribution is 2.32. The summed E-state index contributed by atoms with van der Waals surface area (Å²) in [5, 5.41) is 12.1. The number of aryl methyl sites for hydroxylation is 1. The molecule has 1 fully saturated rings. The van der Waals surface area contributed by atoms with Gasteiger partial charge in [-0.15, -0.1) is 0 Å². The van der Waals surface area contributed by atoms with Gasteiger partial charge in [0.15, 0.2) is 0 Å². The summed E-state index contributed by atoms with van der Waals surface area (Å²) in [6.07, 6.45) is 3.93. The maximum atomic E-state index is 8.90. The van der Waals surface area contributed by atoms with Gasteiger partial charge in [0.25, 0.3) is 0 Å². The van der Waals surface area contributed by atoms with Crippen molar-refractivity contribution in [1.82, 2.24) is 4.98 Å². The lowest BCUT2D eigenvalue weighted by Gasteiger charge is -2.07. The Kier molecular flexibility index (Phi) is 2.86. The van der Waals surface area contributed by atoms with Crippen LogP contribution in [-0.4, -0.2) is 11.5 Å². The first-order valence-electron chi connectivity index (χ1n) is 5.41. The summed E-state index contributed by atoms with van der Waals surface area (Å²) < 4.78 is 0. The van der Waals surface area contributed by atoms with E-state index in [1.165, 1.54) is 19.3 Å². The van der Waals surface area contributed by atoms with Crippen molar-refractivity contribution < 1.29 is 0 Å². The van der Waals surface area contributed by atoms with Gasteiger partial charge < -0.3 is 5.32 Å². The molecule has 0 saturated heterocycles. The van der Waals surface area contributed by atoms with Gasteiger partial charge >= 0.3 is 0 Å². The molecule has 78 valence electrons. The van der Waals surface area contributed by atoms with Crippen LogP contribution in [0.4, 0.5) is 5.82 Å². The highest BCUT2D eigenvalue weighted by Gasteiger charge is 2.20. The summed E-state index contributed by atoms with van der Waals surface area (Å²) in [5.41, 5.74) is 1.58. The topological polar surface area (TPSA) is 48.7 Å². The van der Waals surface area contributed by atoms with Gasteiger partial charge in [0.2, 0.25) is 0 Å². The predicted octanol–water partition coefficient (Wildman–Crippen LogP) is 2.47. The molecule has 0 spiro atoms. The normalized spacial score (nSPS) is 14.7. The van der Waals surface area contributed by atoms with E-state index in [0.717, 1.165) is 24.0 Å². The minimum Gasteiger partial charge on any atom is -0.369 e. The van der Waals surface area contributed by atoms with Crippen molar-refractivity contribution in [3.8, 4) is 6.07 Å². The van der Waals surface area contributed by atoms with Crippen molar-refractivity contribution in [3.63, 3.8) is 0 Å². The van der Waals surface area contributed by atoms with Crippen LogP contribution in [0, 0.1) is 24.2 Å². The van der Waals surface area contributed by atoms with Gasteiger partial charge in [0.1, 0.15) is 11.9 Å². The van der Waals surface area contributed by atoms with Crippen molar-refractivity contribution >= 4 is 5.82 Å². The summed E-state index contributed by atoms with van der Waals surface area (Å²) in [5.74, 6) is 1.64. The molecule has 1 saturated carbocycles.